The molecule has 0 aliphatic rings. The molecule has 0 atom stereocenters. The second-order valence-corrected chi connectivity index (χ2v) is 28.5. The second-order valence-electron chi connectivity index (χ2n) is 8.95. The summed E-state index contributed by atoms with van der Waals surface area (Å²) in [5, 5.41) is 0. The summed E-state index contributed by atoms with van der Waals surface area (Å²) in [5.41, 5.74) is 0. The van der Waals surface area contributed by atoms with Crippen LogP contribution in [-0.4, -0.2) is 26.5 Å². The van der Waals surface area contributed by atoms with E-state index in [1.165, 1.54) is 64.2 Å². The van der Waals surface area contributed by atoms with Crippen LogP contribution in [0.25, 0.3) is 0 Å². The van der Waals surface area contributed by atoms with Crippen LogP contribution in [0.5, 0.6) is 0 Å². The third kappa shape index (κ3) is 9.45. The van der Waals surface area contributed by atoms with Gasteiger partial charge in [0.1, 0.15) is 0 Å². The van der Waals surface area contributed by atoms with Crippen molar-refractivity contribution in [3.63, 3.8) is 0 Å². The second kappa shape index (κ2) is 13.9. The molecule has 0 saturated carbocycles. The third-order valence-corrected chi connectivity index (χ3v) is 32.4. The minimum absolute atomic E-state index is 1.18. The Hall–Kier alpha value is 0.756. The van der Waals surface area contributed by atoms with E-state index in [0.717, 1.165) is 0 Å². The van der Waals surface area contributed by atoms with Gasteiger partial charge in [0.25, 0.3) is 0 Å². The third-order valence-electron chi connectivity index (χ3n) is 5.56. The van der Waals surface area contributed by atoms with Crippen molar-refractivity contribution in [2.75, 3.05) is 0 Å². The van der Waals surface area contributed by atoms with Gasteiger partial charge in [-0.05, 0) is 0 Å². The van der Waals surface area contributed by atoms with E-state index < -0.39 is 26.5 Å². The van der Waals surface area contributed by atoms with E-state index in [-0.39, 0.29) is 0 Å². The van der Waals surface area contributed by atoms with Gasteiger partial charge in [-0.3, -0.25) is 0 Å². The van der Waals surface area contributed by atoms with Crippen molar-refractivity contribution in [3.8, 4) is 0 Å². The zero-order chi connectivity index (χ0) is 18.5. The monoisotopic (exact) mass is 460 g/mol. The van der Waals surface area contributed by atoms with Crippen LogP contribution in [-0.2, 0) is 0 Å². The van der Waals surface area contributed by atoms with Gasteiger partial charge in [0, 0.05) is 0 Å². The quantitative estimate of drug-likeness (QED) is 0.170. The van der Waals surface area contributed by atoms with Gasteiger partial charge >= 0.3 is 161 Å². The summed E-state index contributed by atoms with van der Waals surface area (Å²) in [6.07, 6.45) is 17.1. The molecule has 0 aliphatic carbocycles. The van der Waals surface area contributed by atoms with E-state index in [2.05, 4.69) is 56.6 Å². The molecule has 0 bridgehead atoms. The normalized spacial score (nSPS) is 13.5. The van der Waals surface area contributed by atoms with Crippen LogP contribution in [0.3, 0.4) is 0 Å². The molecule has 0 saturated heterocycles. The molecule has 0 aromatic carbocycles. The number of unbranched alkanes of at least 4 members (excludes halogenated alkanes) is 6. The Morgan fingerprint density at radius 2 is 1.08 bits per heavy atom. The van der Waals surface area contributed by atoms with Gasteiger partial charge in [0.2, 0.25) is 0 Å². The molecule has 0 fully saturated rings. The average Bonchev–Trinajstić information content (AvgIpc) is 2.54. The first-order valence-corrected chi connectivity index (χ1v) is 22.1. The van der Waals surface area contributed by atoms with Gasteiger partial charge in [0.05, 0.1) is 0 Å². The van der Waals surface area contributed by atoms with Gasteiger partial charge in [0.15, 0.2) is 0 Å². The van der Waals surface area contributed by atoms with Crippen molar-refractivity contribution in [2.24, 2.45) is 0 Å². The van der Waals surface area contributed by atoms with Gasteiger partial charge in [-0.1, -0.05) is 0 Å². The molecule has 0 radical (unpaired) electrons. The first-order chi connectivity index (χ1) is 11.4. The number of allylic oxidation sites excluding steroid dienone is 1. The Morgan fingerprint density at radius 1 is 0.667 bits per heavy atom. The Balaban J connectivity index is 5.62. The fraction of sp³-hybridized carbons (Fsp3) is 0.909. The van der Waals surface area contributed by atoms with Crippen molar-refractivity contribution in [1.29, 1.82) is 0 Å². The molecule has 0 unspecified atom stereocenters. The van der Waals surface area contributed by atoms with Crippen LogP contribution in [0.2, 0.25) is 33.0 Å². The van der Waals surface area contributed by atoms with Crippen LogP contribution < -0.4 is 0 Å². The first kappa shape index (κ1) is 24.8. The SMILES string of the molecule is CCCCC/C=[C](/[Si](C)(C)C)[Sn]([CH2]CCC)([CH2]CCC)[CH2]CCC. The molecule has 24 heavy (non-hydrogen) atoms. The van der Waals surface area contributed by atoms with Crippen LogP contribution in [0.1, 0.15) is 91.9 Å². The Labute approximate surface area is 160 Å². The Morgan fingerprint density at radius 3 is 1.42 bits per heavy atom. The summed E-state index contributed by atoms with van der Waals surface area (Å²) >= 11 is -2.18. The molecular weight excluding hydrogens is 411 g/mol. The Kier molecular flexibility index (Phi) is 14.3. The van der Waals surface area contributed by atoms with E-state index in [9.17, 15) is 0 Å². The molecule has 0 N–H and O–H groups in total. The van der Waals surface area contributed by atoms with Gasteiger partial charge < -0.3 is 0 Å². The van der Waals surface area contributed by atoms with Gasteiger partial charge in [-0.2, -0.15) is 0 Å². The standard InChI is InChI=1S/C10H21Si.3C4H9.Sn/c1-5-6-7-8-9-10-11(2,3)4;3*1-3-4-2;/h9H,5-8H2,1-4H3;3*1,3-4H2,2H3;. The number of hydrogen-bond acceptors (Lipinski definition) is 0. The summed E-state index contributed by atoms with van der Waals surface area (Å²) in [4.78, 5) is 0. The van der Waals surface area contributed by atoms with E-state index in [4.69, 9.17) is 0 Å². The fourth-order valence-corrected chi connectivity index (χ4v) is 37.7. The number of hydrogen-bond donors (Lipinski definition) is 0. The molecule has 0 rings (SSSR count). The summed E-state index contributed by atoms with van der Waals surface area (Å²) in [6.45, 7) is 17.5. The Bertz CT molecular complexity index is 306. The van der Waals surface area contributed by atoms with Crippen molar-refractivity contribution in [1.82, 2.24) is 0 Å². The topological polar surface area (TPSA) is 0 Å². The molecule has 2 heteroatoms. The van der Waals surface area contributed by atoms with E-state index in [1.807, 2.05) is 0 Å². The summed E-state index contributed by atoms with van der Waals surface area (Å²) in [6, 6.07) is 0. The number of rotatable bonds is 15. The summed E-state index contributed by atoms with van der Waals surface area (Å²) in [7, 11) is -1.18. The average molecular weight is 459 g/mol. The van der Waals surface area contributed by atoms with Gasteiger partial charge in [-0.25, -0.2) is 0 Å². The molecule has 0 aromatic rings. The predicted molar refractivity (Wildman–Crippen MR) is 120 cm³/mol. The molecule has 0 aliphatic heterocycles. The first-order valence-electron chi connectivity index (χ1n) is 11.1. The van der Waals surface area contributed by atoms with E-state index in [1.54, 1.807) is 13.3 Å². The zero-order valence-corrected chi connectivity index (χ0v) is 22.1. The van der Waals surface area contributed by atoms with Crippen molar-refractivity contribution in [3.05, 3.63) is 9.29 Å². The van der Waals surface area contributed by atoms with Crippen molar-refractivity contribution < 1.29 is 0 Å². The van der Waals surface area contributed by atoms with E-state index >= 15 is 0 Å². The molecule has 0 nitrogen and oxygen atoms in total. The molecule has 0 aromatic heterocycles. The summed E-state index contributed by atoms with van der Waals surface area (Å²) < 4.78 is 7.09. The maximum atomic E-state index is 2.83. The van der Waals surface area contributed by atoms with Gasteiger partial charge in [-0.15, -0.1) is 0 Å². The molecule has 144 valence electrons. The molecule has 0 amide bonds. The fourth-order valence-electron chi connectivity index (χ4n) is 4.28. The van der Waals surface area contributed by atoms with Crippen LogP contribution in [0.4, 0.5) is 0 Å². The summed E-state index contributed by atoms with van der Waals surface area (Å²) in [5.74, 6) is 0. The minimum atomic E-state index is -2.18. The van der Waals surface area contributed by atoms with Crippen molar-refractivity contribution in [2.45, 2.75) is 125 Å². The van der Waals surface area contributed by atoms with Crippen LogP contribution >= 0.6 is 0 Å². The van der Waals surface area contributed by atoms with Crippen molar-refractivity contribution >= 4 is 26.5 Å². The van der Waals surface area contributed by atoms with E-state index in [0.29, 0.717) is 0 Å². The molecule has 0 spiro atoms. The van der Waals surface area contributed by atoms with Crippen LogP contribution in [0, 0.1) is 0 Å². The predicted octanol–water partition coefficient (Wildman–Crippen LogP) is 8.76. The maximum absolute atomic E-state index is 2.83. The van der Waals surface area contributed by atoms with Crippen LogP contribution in [0.15, 0.2) is 9.29 Å². The molecular formula is C22H48SiSn. The molecule has 0 heterocycles. The zero-order valence-electron chi connectivity index (χ0n) is 18.3.